The highest BCUT2D eigenvalue weighted by Crippen LogP contribution is 2.17. The molecule has 0 aliphatic carbocycles. The van der Waals surface area contributed by atoms with E-state index in [1.165, 1.54) is 10.7 Å². The van der Waals surface area contributed by atoms with Crippen LogP contribution in [0.2, 0.25) is 5.15 Å². The SMILES string of the molecule is CCOC(=O)c1cnc2cc(C)nn2c1Cl. The molecule has 5 nitrogen and oxygen atoms in total. The summed E-state index contributed by atoms with van der Waals surface area (Å²) in [6, 6.07) is 1.78. The number of aromatic nitrogens is 3. The lowest BCUT2D eigenvalue weighted by molar-refractivity contribution is 0.0525. The summed E-state index contributed by atoms with van der Waals surface area (Å²) < 4.78 is 6.28. The lowest BCUT2D eigenvalue weighted by Crippen LogP contribution is -2.08. The van der Waals surface area contributed by atoms with Crippen LogP contribution < -0.4 is 0 Å². The van der Waals surface area contributed by atoms with Crippen molar-refractivity contribution in [2.24, 2.45) is 0 Å². The number of hydrogen-bond donors (Lipinski definition) is 0. The zero-order valence-electron chi connectivity index (χ0n) is 8.90. The molecule has 0 aliphatic heterocycles. The Balaban J connectivity index is 2.55. The Morgan fingerprint density at radius 2 is 2.38 bits per heavy atom. The van der Waals surface area contributed by atoms with Crippen LogP contribution in [-0.2, 0) is 4.74 Å². The standard InChI is InChI=1S/C10H10ClN3O2/c1-3-16-10(15)7-5-12-8-4-6(2)13-14(8)9(7)11/h4-5H,3H2,1-2H3. The number of aryl methyl sites for hydroxylation is 1. The van der Waals surface area contributed by atoms with Gasteiger partial charge < -0.3 is 4.74 Å². The molecule has 0 spiro atoms. The molecule has 2 rings (SSSR count). The summed E-state index contributed by atoms with van der Waals surface area (Å²) >= 11 is 6.05. The molecular weight excluding hydrogens is 230 g/mol. The average Bonchev–Trinajstić information content (AvgIpc) is 2.60. The van der Waals surface area contributed by atoms with Crippen molar-refractivity contribution in [2.45, 2.75) is 13.8 Å². The molecule has 0 aliphatic rings. The van der Waals surface area contributed by atoms with Gasteiger partial charge in [-0.25, -0.2) is 14.3 Å². The molecule has 0 bridgehead atoms. The molecule has 0 atom stereocenters. The quantitative estimate of drug-likeness (QED) is 0.593. The number of rotatable bonds is 2. The minimum atomic E-state index is -0.491. The van der Waals surface area contributed by atoms with Gasteiger partial charge in [-0.15, -0.1) is 0 Å². The van der Waals surface area contributed by atoms with Crippen molar-refractivity contribution in [3.8, 4) is 0 Å². The molecule has 0 aromatic carbocycles. The van der Waals surface area contributed by atoms with Gasteiger partial charge in [0, 0.05) is 12.3 Å². The smallest absolute Gasteiger partial charge is 0.342 e. The van der Waals surface area contributed by atoms with Crippen LogP contribution in [0.15, 0.2) is 12.3 Å². The van der Waals surface area contributed by atoms with Gasteiger partial charge >= 0.3 is 5.97 Å². The van der Waals surface area contributed by atoms with Gasteiger partial charge in [0.15, 0.2) is 5.65 Å². The molecule has 2 aromatic heterocycles. The monoisotopic (exact) mass is 239 g/mol. The van der Waals surface area contributed by atoms with Crippen LogP contribution in [-0.4, -0.2) is 27.2 Å². The van der Waals surface area contributed by atoms with Gasteiger partial charge in [0.25, 0.3) is 0 Å². The van der Waals surface area contributed by atoms with Crippen molar-refractivity contribution < 1.29 is 9.53 Å². The number of ether oxygens (including phenoxy) is 1. The van der Waals surface area contributed by atoms with E-state index in [-0.39, 0.29) is 10.7 Å². The first kappa shape index (κ1) is 10.9. The van der Waals surface area contributed by atoms with Crippen molar-refractivity contribution in [3.05, 3.63) is 28.7 Å². The third-order valence-electron chi connectivity index (χ3n) is 2.04. The maximum absolute atomic E-state index is 11.5. The second-order valence-corrected chi connectivity index (χ2v) is 3.60. The molecule has 0 amide bonds. The fourth-order valence-corrected chi connectivity index (χ4v) is 1.62. The van der Waals surface area contributed by atoms with Gasteiger partial charge in [0.1, 0.15) is 10.7 Å². The first-order valence-corrected chi connectivity index (χ1v) is 5.19. The number of carbonyl (C=O) groups excluding carboxylic acids is 1. The third-order valence-corrected chi connectivity index (χ3v) is 2.41. The minimum Gasteiger partial charge on any atom is -0.462 e. The molecule has 6 heteroatoms. The molecule has 2 aromatic rings. The predicted molar refractivity (Wildman–Crippen MR) is 58.7 cm³/mol. The van der Waals surface area contributed by atoms with E-state index < -0.39 is 5.97 Å². The average molecular weight is 240 g/mol. The van der Waals surface area contributed by atoms with E-state index in [0.29, 0.717) is 12.3 Å². The van der Waals surface area contributed by atoms with Crippen LogP contribution in [0.25, 0.3) is 5.65 Å². The van der Waals surface area contributed by atoms with Crippen LogP contribution in [0.1, 0.15) is 23.0 Å². The largest absolute Gasteiger partial charge is 0.462 e. The minimum absolute atomic E-state index is 0.219. The molecule has 0 N–H and O–H groups in total. The predicted octanol–water partition coefficient (Wildman–Crippen LogP) is 1.87. The molecular formula is C10H10ClN3O2. The lowest BCUT2D eigenvalue weighted by Gasteiger charge is -2.04. The van der Waals surface area contributed by atoms with Crippen molar-refractivity contribution in [1.29, 1.82) is 0 Å². The fourth-order valence-electron chi connectivity index (χ4n) is 1.37. The van der Waals surface area contributed by atoms with Crippen LogP contribution in [0.5, 0.6) is 0 Å². The molecule has 0 fully saturated rings. The number of fused-ring (bicyclic) bond motifs is 1. The number of hydrogen-bond acceptors (Lipinski definition) is 4. The van der Waals surface area contributed by atoms with Gasteiger partial charge in [-0.2, -0.15) is 5.10 Å². The van der Waals surface area contributed by atoms with E-state index in [9.17, 15) is 4.79 Å². The first-order valence-electron chi connectivity index (χ1n) is 4.81. The Bertz CT molecular complexity index is 550. The lowest BCUT2D eigenvalue weighted by atomic mass is 10.3. The zero-order valence-corrected chi connectivity index (χ0v) is 9.65. The van der Waals surface area contributed by atoms with Crippen molar-refractivity contribution in [3.63, 3.8) is 0 Å². The normalized spacial score (nSPS) is 10.7. The Kier molecular flexibility index (Phi) is 2.78. The summed E-state index contributed by atoms with van der Waals surface area (Å²) in [6.45, 7) is 3.86. The fraction of sp³-hybridized carbons (Fsp3) is 0.300. The van der Waals surface area contributed by atoms with Crippen LogP contribution in [0, 0.1) is 6.92 Å². The summed E-state index contributed by atoms with van der Waals surface area (Å²) in [5, 5.41) is 4.35. The summed E-state index contributed by atoms with van der Waals surface area (Å²) in [7, 11) is 0. The van der Waals surface area contributed by atoms with E-state index >= 15 is 0 Å². The Morgan fingerprint density at radius 3 is 3.06 bits per heavy atom. The third kappa shape index (κ3) is 1.74. The van der Waals surface area contributed by atoms with E-state index in [1.807, 2.05) is 6.92 Å². The maximum Gasteiger partial charge on any atom is 0.342 e. The van der Waals surface area contributed by atoms with Crippen molar-refractivity contribution in [2.75, 3.05) is 6.61 Å². The van der Waals surface area contributed by atoms with Gasteiger partial charge in [-0.05, 0) is 13.8 Å². The van der Waals surface area contributed by atoms with E-state index in [2.05, 4.69) is 10.1 Å². The molecule has 0 saturated carbocycles. The van der Waals surface area contributed by atoms with Crippen LogP contribution in [0.4, 0.5) is 0 Å². The first-order chi connectivity index (χ1) is 7.63. The number of nitrogens with zero attached hydrogens (tertiary/aromatic N) is 3. The number of esters is 1. The highest BCUT2D eigenvalue weighted by atomic mass is 35.5. The Labute approximate surface area is 97.0 Å². The van der Waals surface area contributed by atoms with E-state index in [0.717, 1.165) is 5.69 Å². The molecule has 2 heterocycles. The highest BCUT2D eigenvalue weighted by molar-refractivity contribution is 6.32. The molecule has 0 saturated heterocycles. The van der Waals surface area contributed by atoms with E-state index in [4.69, 9.17) is 16.3 Å². The highest BCUT2D eigenvalue weighted by Gasteiger charge is 2.16. The van der Waals surface area contributed by atoms with Gasteiger partial charge in [0.05, 0.1) is 12.3 Å². The van der Waals surface area contributed by atoms with Crippen LogP contribution in [0.3, 0.4) is 0 Å². The van der Waals surface area contributed by atoms with E-state index in [1.54, 1.807) is 13.0 Å². The maximum atomic E-state index is 11.5. The number of halogens is 1. The second-order valence-electron chi connectivity index (χ2n) is 3.24. The topological polar surface area (TPSA) is 56.5 Å². The Hall–Kier alpha value is -1.62. The molecule has 16 heavy (non-hydrogen) atoms. The van der Waals surface area contributed by atoms with Gasteiger partial charge in [-0.1, -0.05) is 11.6 Å². The summed E-state index contributed by atoms with van der Waals surface area (Å²) in [4.78, 5) is 15.6. The van der Waals surface area contributed by atoms with Crippen molar-refractivity contribution >= 4 is 23.2 Å². The summed E-state index contributed by atoms with van der Waals surface area (Å²) in [5.74, 6) is -0.491. The number of carbonyl (C=O) groups is 1. The zero-order chi connectivity index (χ0) is 11.7. The molecule has 84 valence electrons. The molecule has 0 radical (unpaired) electrons. The van der Waals surface area contributed by atoms with Crippen molar-refractivity contribution in [1.82, 2.24) is 14.6 Å². The van der Waals surface area contributed by atoms with Gasteiger partial charge in [0.2, 0.25) is 0 Å². The van der Waals surface area contributed by atoms with Crippen LogP contribution >= 0.6 is 11.6 Å². The molecule has 0 unspecified atom stereocenters. The summed E-state index contributed by atoms with van der Waals surface area (Å²) in [6.07, 6.45) is 1.40. The van der Waals surface area contributed by atoms with Gasteiger partial charge in [-0.3, -0.25) is 0 Å². The second kappa shape index (κ2) is 4.09. The Morgan fingerprint density at radius 1 is 1.62 bits per heavy atom. The summed E-state index contributed by atoms with van der Waals surface area (Å²) in [5.41, 5.74) is 1.62.